The quantitative estimate of drug-likeness (QED) is 0.522. The average molecular weight is 458 g/mol. The minimum atomic E-state index is -0.658. The molecule has 0 aromatic carbocycles. The van der Waals surface area contributed by atoms with Crippen LogP contribution in [0.2, 0.25) is 0 Å². The van der Waals surface area contributed by atoms with Gasteiger partial charge in [-0.3, -0.25) is 9.78 Å². The maximum absolute atomic E-state index is 12.1. The summed E-state index contributed by atoms with van der Waals surface area (Å²) in [6.45, 7) is 11.9. The maximum atomic E-state index is 12.1. The highest BCUT2D eigenvalue weighted by Gasteiger charge is 2.20. The molecule has 10 nitrogen and oxygen atoms in total. The minimum Gasteiger partial charge on any atom is -0.444 e. The number of anilines is 3. The fourth-order valence-corrected chi connectivity index (χ4v) is 2.92. The van der Waals surface area contributed by atoms with Gasteiger partial charge in [-0.1, -0.05) is 6.92 Å². The number of nitrogens with one attached hydrogen (secondary N) is 2. The molecule has 2 aromatic rings. The van der Waals surface area contributed by atoms with E-state index in [1.807, 2.05) is 45.7 Å². The number of nitrogens with zero attached hydrogens (tertiary/aromatic N) is 4. The number of aromatic nitrogens is 3. The molecule has 2 aromatic heterocycles. The number of amides is 2. The topological polar surface area (TPSA) is 135 Å². The summed E-state index contributed by atoms with van der Waals surface area (Å²) in [5.74, 6) is 0.316. The van der Waals surface area contributed by atoms with Gasteiger partial charge in [-0.2, -0.15) is 0 Å². The van der Waals surface area contributed by atoms with Crippen LogP contribution in [0, 0.1) is 0 Å². The fraction of sp³-hybridized carbons (Fsp3) is 0.522. The summed E-state index contributed by atoms with van der Waals surface area (Å²) in [6.07, 6.45) is 2.28. The third-order valence-corrected chi connectivity index (χ3v) is 4.75. The molecule has 0 aliphatic carbocycles. The summed E-state index contributed by atoms with van der Waals surface area (Å²) < 4.78 is 5.23. The van der Waals surface area contributed by atoms with E-state index >= 15 is 0 Å². The van der Waals surface area contributed by atoms with Crippen molar-refractivity contribution in [2.45, 2.75) is 66.0 Å². The first-order valence-electron chi connectivity index (χ1n) is 11.0. The number of hydrogen-bond acceptors (Lipinski definition) is 8. The number of pyridine rings is 1. The van der Waals surface area contributed by atoms with Gasteiger partial charge in [0.25, 0.3) is 5.91 Å². The lowest BCUT2D eigenvalue weighted by molar-refractivity contribution is 0.0528. The molecule has 0 fully saturated rings. The van der Waals surface area contributed by atoms with E-state index in [2.05, 4.69) is 39.4 Å². The number of primary amides is 1. The number of carbonyl (C=O) groups is 2. The molecule has 0 unspecified atom stereocenters. The van der Waals surface area contributed by atoms with Gasteiger partial charge in [0.2, 0.25) is 0 Å². The number of nitrogens with two attached hydrogens (primary N) is 1. The molecule has 0 radical (unpaired) electrons. The standard InChI is InChI=1S/C23H35N7O3/c1-8-17-21(30(7)14(2)3)29-20(18(28-17)19(24)31)27-16-10-11-25-15(13-16)9-12-26-22(32)33-23(4,5)6/h10-11,13-14H,8-9,12H2,1-7H3,(H2,24,31)(H,26,32)(H,25,27,29). The summed E-state index contributed by atoms with van der Waals surface area (Å²) in [7, 11) is 1.93. The first-order chi connectivity index (χ1) is 15.4. The van der Waals surface area contributed by atoms with Gasteiger partial charge in [0.05, 0.1) is 5.69 Å². The number of aryl methyl sites for hydroxylation is 1. The van der Waals surface area contributed by atoms with E-state index in [4.69, 9.17) is 10.5 Å². The Labute approximate surface area is 195 Å². The van der Waals surface area contributed by atoms with Crippen molar-refractivity contribution in [2.24, 2.45) is 5.73 Å². The number of ether oxygens (including phenoxy) is 1. The Morgan fingerprint density at radius 1 is 1.24 bits per heavy atom. The molecule has 0 bridgehead atoms. The minimum absolute atomic E-state index is 0.0812. The third-order valence-electron chi connectivity index (χ3n) is 4.75. The number of alkyl carbamates (subject to hydrolysis) is 1. The van der Waals surface area contributed by atoms with Gasteiger partial charge in [0.15, 0.2) is 17.3 Å². The molecule has 180 valence electrons. The highest BCUT2D eigenvalue weighted by atomic mass is 16.6. The van der Waals surface area contributed by atoms with Crippen LogP contribution in [0.4, 0.5) is 22.1 Å². The second kappa shape index (κ2) is 10.9. The predicted octanol–water partition coefficient (Wildman–Crippen LogP) is 3.19. The zero-order valence-corrected chi connectivity index (χ0v) is 20.5. The van der Waals surface area contributed by atoms with Crippen molar-refractivity contribution in [1.29, 1.82) is 0 Å². The van der Waals surface area contributed by atoms with Gasteiger partial charge in [-0.15, -0.1) is 0 Å². The van der Waals surface area contributed by atoms with Crippen LogP contribution < -0.4 is 21.3 Å². The van der Waals surface area contributed by atoms with Crippen LogP contribution in [0.15, 0.2) is 18.3 Å². The molecule has 4 N–H and O–H groups in total. The Kier molecular flexibility index (Phi) is 8.56. The summed E-state index contributed by atoms with van der Waals surface area (Å²) >= 11 is 0. The molecule has 0 spiro atoms. The van der Waals surface area contributed by atoms with E-state index in [0.717, 1.165) is 5.69 Å². The molecular formula is C23H35N7O3. The van der Waals surface area contributed by atoms with E-state index in [0.29, 0.717) is 36.6 Å². The Morgan fingerprint density at radius 3 is 2.52 bits per heavy atom. The first-order valence-corrected chi connectivity index (χ1v) is 11.0. The lowest BCUT2D eigenvalue weighted by Crippen LogP contribution is -2.33. The zero-order chi connectivity index (χ0) is 24.8. The molecule has 0 atom stereocenters. The molecule has 33 heavy (non-hydrogen) atoms. The number of hydrogen-bond donors (Lipinski definition) is 3. The molecule has 2 heterocycles. The molecule has 0 aliphatic heterocycles. The van der Waals surface area contributed by atoms with Crippen molar-refractivity contribution in [3.8, 4) is 0 Å². The molecular weight excluding hydrogens is 422 g/mol. The second-order valence-electron chi connectivity index (χ2n) is 8.95. The van der Waals surface area contributed by atoms with Crippen LogP contribution in [0.1, 0.15) is 63.4 Å². The Bertz CT molecular complexity index is 987. The summed E-state index contributed by atoms with van der Waals surface area (Å²) in [6, 6.07) is 3.78. The van der Waals surface area contributed by atoms with E-state index < -0.39 is 17.6 Å². The third kappa shape index (κ3) is 7.58. The Hall–Kier alpha value is -3.43. The van der Waals surface area contributed by atoms with E-state index in [-0.39, 0.29) is 17.6 Å². The number of rotatable bonds is 9. The smallest absolute Gasteiger partial charge is 0.407 e. The second-order valence-corrected chi connectivity index (χ2v) is 8.95. The van der Waals surface area contributed by atoms with E-state index in [9.17, 15) is 9.59 Å². The molecule has 2 amide bonds. The molecule has 0 saturated heterocycles. The fourth-order valence-electron chi connectivity index (χ4n) is 2.92. The van der Waals surface area contributed by atoms with Crippen molar-refractivity contribution in [3.63, 3.8) is 0 Å². The molecule has 0 saturated carbocycles. The van der Waals surface area contributed by atoms with Gasteiger partial charge >= 0.3 is 6.09 Å². The number of carbonyl (C=O) groups excluding carboxylic acids is 2. The van der Waals surface area contributed by atoms with Crippen molar-refractivity contribution in [2.75, 3.05) is 23.8 Å². The SMILES string of the molecule is CCc1nc(C(N)=O)c(Nc2ccnc(CCNC(=O)OC(C)(C)C)c2)nc1N(C)C(C)C. The van der Waals surface area contributed by atoms with E-state index in [1.54, 1.807) is 12.3 Å². The summed E-state index contributed by atoms with van der Waals surface area (Å²) in [5, 5.41) is 5.87. The zero-order valence-electron chi connectivity index (χ0n) is 20.5. The monoisotopic (exact) mass is 457 g/mol. The van der Waals surface area contributed by atoms with E-state index in [1.165, 1.54) is 0 Å². The summed E-state index contributed by atoms with van der Waals surface area (Å²) in [5.41, 5.74) is 7.24. The van der Waals surface area contributed by atoms with Crippen LogP contribution in [0.3, 0.4) is 0 Å². The van der Waals surface area contributed by atoms with Crippen molar-refractivity contribution in [3.05, 3.63) is 35.4 Å². The Morgan fingerprint density at radius 2 is 1.94 bits per heavy atom. The maximum Gasteiger partial charge on any atom is 0.407 e. The predicted molar refractivity (Wildman–Crippen MR) is 129 cm³/mol. The van der Waals surface area contributed by atoms with Crippen molar-refractivity contribution < 1.29 is 14.3 Å². The van der Waals surface area contributed by atoms with Gasteiger partial charge in [-0.25, -0.2) is 14.8 Å². The normalized spacial score (nSPS) is 11.3. The first kappa shape index (κ1) is 25.8. The molecule has 2 rings (SSSR count). The van der Waals surface area contributed by atoms with Crippen LogP contribution in [-0.4, -0.2) is 52.2 Å². The van der Waals surface area contributed by atoms with Crippen LogP contribution in [0.5, 0.6) is 0 Å². The largest absolute Gasteiger partial charge is 0.444 e. The van der Waals surface area contributed by atoms with Crippen LogP contribution >= 0.6 is 0 Å². The molecule has 10 heteroatoms. The Balaban J connectivity index is 2.22. The van der Waals surface area contributed by atoms with Gasteiger partial charge in [-0.05, 0) is 53.2 Å². The van der Waals surface area contributed by atoms with Gasteiger partial charge < -0.3 is 26.0 Å². The van der Waals surface area contributed by atoms with Gasteiger partial charge in [0.1, 0.15) is 5.60 Å². The molecule has 0 aliphatic rings. The van der Waals surface area contributed by atoms with Gasteiger partial charge in [0, 0.05) is 43.6 Å². The average Bonchev–Trinajstić information content (AvgIpc) is 2.71. The lowest BCUT2D eigenvalue weighted by Gasteiger charge is -2.25. The summed E-state index contributed by atoms with van der Waals surface area (Å²) in [4.78, 5) is 39.4. The highest BCUT2D eigenvalue weighted by molar-refractivity contribution is 5.96. The van der Waals surface area contributed by atoms with Crippen LogP contribution in [-0.2, 0) is 17.6 Å². The van der Waals surface area contributed by atoms with Crippen molar-refractivity contribution in [1.82, 2.24) is 20.3 Å². The lowest BCUT2D eigenvalue weighted by atomic mass is 10.2. The highest BCUT2D eigenvalue weighted by Crippen LogP contribution is 2.25. The van der Waals surface area contributed by atoms with Crippen LogP contribution in [0.25, 0.3) is 0 Å². The van der Waals surface area contributed by atoms with Crippen molar-refractivity contribution >= 4 is 29.3 Å².